The first kappa shape index (κ1) is 25.7. The van der Waals surface area contributed by atoms with Gasteiger partial charge in [0, 0.05) is 43.3 Å². The number of nitrogens with zero attached hydrogens (tertiary/aromatic N) is 3. The number of anilines is 1. The van der Waals surface area contributed by atoms with E-state index in [1.807, 2.05) is 52.3 Å². The molecule has 0 saturated carbocycles. The number of aliphatic hydroxyl groups excluding tert-OH is 1. The zero-order chi connectivity index (χ0) is 25.6. The molecular formula is C30H39N3O4. The van der Waals surface area contributed by atoms with Gasteiger partial charge in [-0.25, -0.2) is 0 Å². The van der Waals surface area contributed by atoms with Crippen LogP contribution in [0.2, 0.25) is 0 Å². The molecule has 37 heavy (non-hydrogen) atoms. The molecule has 2 amide bonds. The van der Waals surface area contributed by atoms with E-state index in [1.165, 1.54) is 18.4 Å². The first-order valence-electron chi connectivity index (χ1n) is 13.9. The molecule has 7 heteroatoms. The second-order valence-corrected chi connectivity index (χ2v) is 10.6. The lowest BCUT2D eigenvalue weighted by molar-refractivity contribution is -0.119. The van der Waals surface area contributed by atoms with E-state index in [0.717, 1.165) is 63.2 Å². The summed E-state index contributed by atoms with van der Waals surface area (Å²) in [5, 5.41) is 10.2. The molecule has 0 spiro atoms. The van der Waals surface area contributed by atoms with E-state index in [2.05, 4.69) is 11.0 Å². The molecule has 2 aromatic rings. The lowest BCUT2D eigenvalue weighted by Gasteiger charge is -2.41. The molecule has 0 aliphatic carbocycles. The van der Waals surface area contributed by atoms with Crippen molar-refractivity contribution < 1.29 is 19.4 Å². The maximum atomic E-state index is 13.1. The number of hydrogen-bond acceptors (Lipinski definition) is 5. The summed E-state index contributed by atoms with van der Waals surface area (Å²) in [5.74, 6) is 0.965. The summed E-state index contributed by atoms with van der Waals surface area (Å²) >= 11 is 0. The van der Waals surface area contributed by atoms with Gasteiger partial charge in [0.25, 0.3) is 5.91 Å². The highest BCUT2D eigenvalue weighted by molar-refractivity contribution is 5.97. The molecule has 2 saturated heterocycles. The number of para-hydroxylation sites is 1. The summed E-state index contributed by atoms with van der Waals surface area (Å²) in [6.07, 6.45) is 6.66. The van der Waals surface area contributed by atoms with Crippen LogP contribution in [0.4, 0.5) is 5.69 Å². The SMILES string of the molecule is O=C(c1ccc(OCCCC(O)CN2CCCC2)cc1)N1CCC(N2C(=O)CCc3ccccc32)CC1. The minimum atomic E-state index is -0.298. The van der Waals surface area contributed by atoms with Gasteiger partial charge in [0.05, 0.1) is 12.7 Å². The Morgan fingerprint density at radius 2 is 1.70 bits per heavy atom. The van der Waals surface area contributed by atoms with E-state index in [4.69, 9.17) is 4.74 Å². The van der Waals surface area contributed by atoms with Crippen LogP contribution in [-0.2, 0) is 11.2 Å². The molecule has 3 aliphatic heterocycles. The van der Waals surface area contributed by atoms with E-state index >= 15 is 0 Å². The number of aliphatic hydroxyl groups is 1. The second kappa shape index (κ2) is 12.1. The van der Waals surface area contributed by atoms with E-state index in [-0.39, 0.29) is 24.0 Å². The van der Waals surface area contributed by atoms with Gasteiger partial charge < -0.3 is 24.5 Å². The molecule has 0 radical (unpaired) electrons. The summed E-state index contributed by atoms with van der Waals surface area (Å²) in [6.45, 7) is 4.80. The van der Waals surface area contributed by atoms with Crippen LogP contribution in [-0.4, -0.2) is 78.2 Å². The van der Waals surface area contributed by atoms with Crippen molar-refractivity contribution in [1.29, 1.82) is 0 Å². The van der Waals surface area contributed by atoms with Gasteiger partial charge in [-0.3, -0.25) is 9.59 Å². The molecule has 198 valence electrons. The van der Waals surface area contributed by atoms with Crippen molar-refractivity contribution in [2.75, 3.05) is 44.2 Å². The van der Waals surface area contributed by atoms with Crippen molar-refractivity contribution in [2.45, 2.75) is 63.5 Å². The number of carbonyl (C=O) groups is 2. The molecule has 3 aliphatic rings. The topological polar surface area (TPSA) is 73.3 Å². The monoisotopic (exact) mass is 505 g/mol. The summed E-state index contributed by atoms with van der Waals surface area (Å²) < 4.78 is 5.84. The van der Waals surface area contributed by atoms with Crippen molar-refractivity contribution in [3.05, 3.63) is 59.7 Å². The standard InChI is InChI=1S/C30H39N3O4/c34-26(22-31-17-3-4-18-31)7-5-21-37-27-12-9-24(10-13-27)30(36)32-19-15-25(16-20-32)33-28-8-2-1-6-23(28)11-14-29(33)35/h1-2,6,8-10,12-13,25-26,34H,3-5,7,11,14-22H2. The lowest BCUT2D eigenvalue weighted by Crippen LogP contribution is -2.50. The summed E-state index contributed by atoms with van der Waals surface area (Å²) in [6, 6.07) is 15.7. The third-order valence-electron chi connectivity index (χ3n) is 7.96. The van der Waals surface area contributed by atoms with E-state index in [1.54, 1.807) is 0 Å². The second-order valence-electron chi connectivity index (χ2n) is 10.6. The molecule has 1 unspecified atom stereocenters. The smallest absolute Gasteiger partial charge is 0.253 e. The number of aryl methyl sites for hydroxylation is 1. The Bertz CT molecular complexity index is 1060. The van der Waals surface area contributed by atoms with Crippen LogP contribution in [0.1, 0.15) is 60.9 Å². The minimum Gasteiger partial charge on any atom is -0.494 e. The number of likely N-dealkylation sites (tertiary alicyclic amines) is 2. The van der Waals surface area contributed by atoms with Crippen molar-refractivity contribution in [3.8, 4) is 5.75 Å². The van der Waals surface area contributed by atoms with Crippen LogP contribution in [0.3, 0.4) is 0 Å². The summed E-state index contributed by atoms with van der Waals surface area (Å²) in [5.41, 5.74) is 2.94. The van der Waals surface area contributed by atoms with Crippen LogP contribution in [0.25, 0.3) is 0 Å². The van der Waals surface area contributed by atoms with Crippen molar-refractivity contribution in [1.82, 2.24) is 9.80 Å². The van der Waals surface area contributed by atoms with E-state index < -0.39 is 0 Å². The molecule has 7 nitrogen and oxygen atoms in total. The number of β-amino-alcohol motifs (C(OH)–C–C–N with tert-alkyl or cyclic N) is 1. The van der Waals surface area contributed by atoms with Crippen LogP contribution < -0.4 is 9.64 Å². The quantitative estimate of drug-likeness (QED) is 0.524. The highest BCUT2D eigenvalue weighted by Crippen LogP contribution is 2.32. The van der Waals surface area contributed by atoms with Crippen molar-refractivity contribution in [3.63, 3.8) is 0 Å². The zero-order valence-electron chi connectivity index (χ0n) is 21.7. The molecule has 2 fully saturated rings. The van der Waals surface area contributed by atoms with Crippen LogP contribution in [0.15, 0.2) is 48.5 Å². The van der Waals surface area contributed by atoms with Crippen molar-refractivity contribution >= 4 is 17.5 Å². The summed E-state index contributed by atoms with van der Waals surface area (Å²) in [4.78, 5) is 32.1. The Labute approximate surface area is 220 Å². The first-order valence-corrected chi connectivity index (χ1v) is 13.9. The minimum absolute atomic E-state index is 0.0282. The number of piperidine rings is 1. The Hall–Kier alpha value is -2.90. The third-order valence-corrected chi connectivity index (χ3v) is 7.96. The van der Waals surface area contributed by atoms with Gasteiger partial charge in [-0.1, -0.05) is 18.2 Å². The van der Waals surface area contributed by atoms with Gasteiger partial charge in [0.1, 0.15) is 5.75 Å². The fraction of sp³-hybridized carbons (Fsp3) is 0.533. The number of rotatable bonds is 9. The molecule has 5 rings (SSSR count). The number of amides is 2. The molecule has 0 aromatic heterocycles. The normalized spacial score (nSPS) is 19.6. The van der Waals surface area contributed by atoms with Crippen LogP contribution in [0, 0.1) is 0 Å². The van der Waals surface area contributed by atoms with Gasteiger partial charge in [-0.15, -0.1) is 0 Å². The predicted molar refractivity (Wildman–Crippen MR) is 144 cm³/mol. The Morgan fingerprint density at radius 3 is 2.46 bits per heavy atom. The average molecular weight is 506 g/mol. The first-order chi connectivity index (χ1) is 18.1. The van der Waals surface area contributed by atoms with Crippen LogP contribution >= 0.6 is 0 Å². The van der Waals surface area contributed by atoms with Gasteiger partial charge in [-0.05, 0) is 93.9 Å². The molecule has 0 bridgehead atoms. The van der Waals surface area contributed by atoms with Crippen LogP contribution in [0.5, 0.6) is 5.75 Å². The van der Waals surface area contributed by atoms with Gasteiger partial charge >= 0.3 is 0 Å². The van der Waals surface area contributed by atoms with E-state index in [0.29, 0.717) is 31.7 Å². The average Bonchev–Trinajstić information content (AvgIpc) is 3.44. The highest BCUT2D eigenvalue weighted by atomic mass is 16.5. The Morgan fingerprint density at radius 1 is 0.973 bits per heavy atom. The molecule has 1 atom stereocenters. The predicted octanol–water partition coefficient (Wildman–Crippen LogP) is 3.89. The highest BCUT2D eigenvalue weighted by Gasteiger charge is 2.33. The number of ether oxygens (including phenoxy) is 1. The maximum Gasteiger partial charge on any atom is 0.253 e. The van der Waals surface area contributed by atoms with Gasteiger partial charge in [0.2, 0.25) is 5.91 Å². The number of hydrogen-bond donors (Lipinski definition) is 1. The van der Waals surface area contributed by atoms with E-state index in [9.17, 15) is 14.7 Å². The fourth-order valence-electron chi connectivity index (χ4n) is 5.92. The van der Waals surface area contributed by atoms with Gasteiger partial charge in [0.15, 0.2) is 0 Å². The fourth-order valence-corrected chi connectivity index (χ4v) is 5.92. The largest absolute Gasteiger partial charge is 0.494 e. The lowest BCUT2D eigenvalue weighted by atomic mass is 9.95. The number of benzene rings is 2. The molecule has 2 aromatic carbocycles. The molecule has 1 N–H and O–H groups in total. The van der Waals surface area contributed by atoms with Crippen molar-refractivity contribution in [2.24, 2.45) is 0 Å². The molecular weight excluding hydrogens is 466 g/mol. The third kappa shape index (κ3) is 6.33. The Balaban J connectivity index is 1.06. The Kier molecular flexibility index (Phi) is 8.41. The number of carbonyl (C=O) groups excluding carboxylic acids is 2. The maximum absolute atomic E-state index is 13.1. The molecule has 3 heterocycles. The zero-order valence-corrected chi connectivity index (χ0v) is 21.7. The van der Waals surface area contributed by atoms with Gasteiger partial charge in [-0.2, -0.15) is 0 Å². The summed E-state index contributed by atoms with van der Waals surface area (Å²) in [7, 11) is 0. The number of fused-ring (bicyclic) bond motifs is 1.